The van der Waals surface area contributed by atoms with Crippen LogP contribution in [-0.4, -0.2) is 18.1 Å². The lowest BCUT2D eigenvalue weighted by molar-refractivity contribution is 0.0929. The first-order valence-corrected chi connectivity index (χ1v) is 5.17. The molecule has 0 saturated carbocycles. The number of carbonyl (C=O) groups excluding carboxylic acids is 1. The molecule has 0 spiro atoms. The van der Waals surface area contributed by atoms with Crippen molar-refractivity contribution in [1.29, 1.82) is 0 Å². The van der Waals surface area contributed by atoms with Gasteiger partial charge < -0.3 is 0 Å². The molecule has 0 fully saturated rings. The van der Waals surface area contributed by atoms with Gasteiger partial charge in [0.05, 0.1) is 5.56 Å². The molecule has 0 N–H and O–H groups in total. The zero-order valence-electron chi connectivity index (χ0n) is 6.27. The molecule has 68 valence electrons. The van der Waals surface area contributed by atoms with E-state index >= 15 is 0 Å². The minimum atomic E-state index is -3.78. The molecule has 1 aliphatic rings. The maximum Gasteiger partial charge on any atom is 0.284 e. The summed E-state index contributed by atoms with van der Waals surface area (Å²) in [6.45, 7) is 0. The van der Waals surface area contributed by atoms with Crippen molar-refractivity contribution in [3.05, 3.63) is 29.8 Å². The number of benzene rings is 1. The third-order valence-electron chi connectivity index (χ3n) is 1.77. The van der Waals surface area contributed by atoms with Crippen LogP contribution >= 0.6 is 11.8 Å². The van der Waals surface area contributed by atoms with E-state index in [2.05, 4.69) is 0 Å². The molecule has 1 heterocycles. The van der Waals surface area contributed by atoms with Crippen LogP contribution in [0.4, 0.5) is 0 Å². The maximum absolute atomic E-state index is 11.4. The van der Waals surface area contributed by atoms with Gasteiger partial charge in [0.1, 0.15) is 4.90 Å². The van der Waals surface area contributed by atoms with Gasteiger partial charge in [0.2, 0.25) is 0 Å². The van der Waals surface area contributed by atoms with E-state index in [1.54, 1.807) is 12.1 Å². The van der Waals surface area contributed by atoms with Crippen LogP contribution in [0.25, 0.3) is 0 Å². The summed E-state index contributed by atoms with van der Waals surface area (Å²) in [6.07, 6.45) is 0. The van der Waals surface area contributed by atoms with Crippen LogP contribution in [-0.2, 0) is 10.0 Å². The van der Waals surface area contributed by atoms with Crippen molar-refractivity contribution in [3.8, 4) is 0 Å². The van der Waals surface area contributed by atoms with Crippen molar-refractivity contribution >= 4 is 27.7 Å². The van der Waals surface area contributed by atoms with Crippen LogP contribution in [0.1, 0.15) is 10.4 Å². The molecular weight excluding hydrogens is 214 g/mol. The fraction of sp³-hybridized carbons (Fsp3) is 0. The highest BCUT2D eigenvalue weighted by atomic mass is 35.5. The SMILES string of the molecule is O=C1c2ccccc2S(=O)(=O)N1Cl. The molecule has 0 aromatic heterocycles. The largest absolute Gasteiger partial charge is 0.284 e. The summed E-state index contributed by atoms with van der Waals surface area (Å²) in [6, 6.07) is 5.91. The Morgan fingerprint density at radius 2 is 1.85 bits per heavy atom. The van der Waals surface area contributed by atoms with Crippen LogP contribution < -0.4 is 0 Å². The van der Waals surface area contributed by atoms with Crippen molar-refractivity contribution in [1.82, 2.24) is 3.82 Å². The van der Waals surface area contributed by atoms with Gasteiger partial charge >= 0.3 is 0 Å². The molecule has 1 amide bonds. The Hall–Kier alpha value is -1.07. The van der Waals surface area contributed by atoms with Crippen LogP contribution in [0.15, 0.2) is 29.2 Å². The molecule has 13 heavy (non-hydrogen) atoms. The molecule has 2 rings (SSSR count). The van der Waals surface area contributed by atoms with Gasteiger partial charge in [-0.05, 0) is 12.1 Å². The van der Waals surface area contributed by atoms with E-state index in [-0.39, 0.29) is 14.3 Å². The Morgan fingerprint density at radius 1 is 1.23 bits per heavy atom. The van der Waals surface area contributed by atoms with Gasteiger partial charge in [-0.25, -0.2) is 0 Å². The Morgan fingerprint density at radius 3 is 2.46 bits per heavy atom. The molecule has 0 aliphatic carbocycles. The van der Waals surface area contributed by atoms with Crippen molar-refractivity contribution in [2.24, 2.45) is 0 Å². The fourth-order valence-electron chi connectivity index (χ4n) is 1.16. The lowest BCUT2D eigenvalue weighted by Crippen LogP contribution is -2.18. The summed E-state index contributed by atoms with van der Waals surface area (Å²) >= 11 is 5.32. The monoisotopic (exact) mass is 217 g/mol. The molecule has 6 heteroatoms. The van der Waals surface area contributed by atoms with E-state index < -0.39 is 15.9 Å². The van der Waals surface area contributed by atoms with Gasteiger partial charge in [0.15, 0.2) is 0 Å². The smallest absolute Gasteiger partial charge is 0.267 e. The van der Waals surface area contributed by atoms with Gasteiger partial charge in [-0.2, -0.15) is 8.42 Å². The average Bonchev–Trinajstić information content (AvgIpc) is 2.30. The summed E-state index contributed by atoms with van der Waals surface area (Å²) in [5.74, 6) is -0.697. The second-order valence-electron chi connectivity index (χ2n) is 2.52. The third kappa shape index (κ3) is 0.973. The molecule has 1 aliphatic heterocycles. The molecule has 0 unspecified atom stereocenters. The standard InChI is InChI=1S/C7H4ClNO3S/c8-9-7(10)5-3-1-2-4-6(5)13(9,11)12/h1-4H. The minimum Gasteiger partial charge on any atom is -0.267 e. The lowest BCUT2D eigenvalue weighted by atomic mass is 10.2. The predicted octanol–water partition coefficient (Wildman–Crippen LogP) is 0.985. The molecule has 0 bridgehead atoms. The average molecular weight is 218 g/mol. The van der Waals surface area contributed by atoms with Gasteiger partial charge in [0.25, 0.3) is 15.9 Å². The molecule has 0 atom stereocenters. The summed E-state index contributed by atoms with van der Waals surface area (Å²) in [5, 5.41) is 0. The number of nitrogens with zero attached hydrogens (tertiary/aromatic N) is 1. The van der Waals surface area contributed by atoms with Gasteiger partial charge in [-0.1, -0.05) is 12.1 Å². The number of sulfonamides is 1. The zero-order valence-corrected chi connectivity index (χ0v) is 7.84. The molecular formula is C7H4ClNO3S. The fourth-order valence-corrected chi connectivity index (χ4v) is 2.65. The first-order valence-electron chi connectivity index (χ1n) is 3.39. The van der Waals surface area contributed by atoms with E-state index in [9.17, 15) is 13.2 Å². The lowest BCUT2D eigenvalue weighted by Gasteiger charge is -2.01. The molecule has 4 nitrogen and oxygen atoms in total. The van der Waals surface area contributed by atoms with Crippen LogP contribution in [0.3, 0.4) is 0 Å². The number of fused-ring (bicyclic) bond motifs is 1. The van der Waals surface area contributed by atoms with Crippen molar-refractivity contribution in [3.63, 3.8) is 0 Å². The predicted molar refractivity (Wildman–Crippen MR) is 45.7 cm³/mol. The summed E-state index contributed by atoms with van der Waals surface area (Å²) in [7, 11) is -3.78. The highest BCUT2D eigenvalue weighted by Gasteiger charge is 2.40. The quantitative estimate of drug-likeness (QED) is 0.609. The van der Waals surface area contributed by atoms with E-state index in [1.807, 2.05) is 0 Å². The summed E-state index contributed by atoms with van der Waals surface area (Å²) < 4.78 is 23.0. The summed E-state index contributed by atoms with van der Waals surface area (Å²) in [5.41, 5.74) is 0.123. The number of carbonyl (C=O) groups is 1. The van der Waals surface area contributed by atoms with E-state index in [1.165, 1.54) is 12.1 Å². The zero-order chi connectivity index (χ0) is 9.64. The molecule has 0 radical (unpaired) electrons. The van der Waals surface area contributed by atoms with Crippen molar-refractivity contribution < 1.29 is 13.2 Å². The van der Waals surface area contributed by atoms with Crippen molar-refractivity contribution in [2.45, 2.75) is 4.90 Å². The molecule has 1 aromatic rings. The second kappa shape index (κ2) is 2.46. The Bertz CT molecular complexity index is 482. The third-order valence-corrected chi connectivity index (χ3v) is 3.96. The highest BCUT2D eigenvalue weighted by molar-refractivity contribution is 7.91. The molecule has 1 aromatic carbocycles. The Balaban J connectivity index is 2.83. The van der Waals surface area contributed by atoms with E-state index in [0.717, 1.165) is 0 Å². The van der Waals surface area contributed by atoms with Crippen LogP contribution in [0.2, 0.25) is 0 Å². The van der Waals surface area contributed by atoms with E-state index in [0.29, 0.717) is 0 Å². The van der Waals surface area contributed by atoms with E-state index in [4.69, 9.17) is 11.8 Å². The molecule has 0 saturated heterocycles. The van der Waals surface area contributed by atoms with Crippen LogP contribution in [0.5, 0.6) is 0 Å². The first kappa shape index (κ1) is 8.52. The normalized spacial score (nSPS) is 18.8. The number of hydrogen-bond donors (Lipinski definition) is 0. The maximum atomic E-state index is 11.4. The topological polar surface area (TPSA) is 54.5 Å². The number of halogens is 1. The van der Waals surface area contributed by atoms with Crippen molar-refractivity contribution in [2.75, 3.05) is 0 Å². The second-order valence-corrected chi connectivity index (χ2v) is 4.81. The van der Waals surface area contributed by atoms with Gasteiger partial charge in [-0.15, -0.1) is 3.82 Å². The Kier molecular flexibility index (Phi) is 1.61. The highest BCUT2D eigenvalue weighted by Crippen LogP contribution is 2.30. The number of rotatable bonds is 0. The van der Waals surface area contributed by atoms with Gasteiger partial charge in [-0.3, -0.25) is 4.79 Å². The number of amides is 1. The van der Waals surface area contributed by atoms with Crippen LogP contribution in [0, 0.1) is 0 Å². The number of hydrogen-bond acceptors (Lipinski definition) is 3. The Labute approximate surface area is 79.9 Å². The first-order chi connectivity index (χ1) is 6.05. The summed E-state index contributed by atoms with van der Waals surface area (Å²) in [4.78, 5) is 11.2. The minimum absolute atomic E-state index is 0.0324. The van der Waals surface area contributed by atoms with Gasteiger partial charge in [0, 0.05) is 11.8 Å².